The van der Waals surface area contributed by atoms with Crippen LogP contribution < -0.4 is 4.74 Å². The fourth-order valence-electron chi connectivity index (χ4n) is 2.37. The van der Waals surface area contributed by atoms with E-state index in [0.29, 0.717) is 33.3 Å². The summed E-state index contributed by atoms with van der Waals surface area (Å²) in [6.45, 7) is 0. The fourth-order valence-corrected chi connectivity index (χ4v) is 2.79. The smallest absolute Gasteiger partial charge is 0.128 e. The van der Waals surface area contributed by atoms with Crippen LogP contribution in [0.4, 0.5) is 4.39 Å². The van der Waals surface area contributed by atoms with Crippen LogP contribution in [0.3, 0.4) is 0 Å². The van der Waals surface area contributed by atoms with Crippen molar-refractivity contribution >= 4 is 23.2 Å². The van der Waals surface area contributed by atoms with E-state index in [1.807, 2.05) is 0 Å². The van der Waals surface area contributed by atoms with E-state index in [4.69, 9.17) is 27.9 Å². The van der Waals surface area contributed by atoms with E-state index in [9.17, 15) is 9.50 Å². The van der Waals surface area contributed by atoms with Gasteiger partial charge in [-0.2, -0.15) is 0 Å². The molecule has 0 radical (unpaired) electrons. The van der Waals surface area contributed by atoms with Gasteiger partial charge in [0.25, 0.3) is 0 Å². The number of hydrogen-bond acceptors (Lipinski definition) is 2. The first kappa shape index (κ1) is 13.7. The second kappa shape index (κ2) is 5.24. The summed E-state index contributed by atoms with van der Waals surface area (Å²) in [6, 6.07) is 9.20. The average Bonchev–Trinajstić information content (AvgIpc) is 2.42. The molecule has 2 atom stereocenters. The summed E-state index contributed by atoms with van der Waals surface area (Å²) in [5, 5.41) is 11.2. The Morgan fingerprint density at radius 2 is 1.90 bits per heavy atom. The molecule has 104 valence electrons. The van der Waals surface area contributed by atoms with Crippen LogP contribution in [0.25, 0.3) is 0 Å². The Balaban J connectivity index is 1.99. The molecule has 0 aliphatic carbocycles. The highest BCUT2D eigenvalue weighted by Gasteiger charge is 2.29. The molecule has 3 rings (SSSR count). The molecular weight excluding hydrogens is 302 g/mol. The molecule has 2 aromatic rings. The van der Waals surface area contributed by atoms with Gasteiger partial charge in [-0.15, -0.1) is 0 Å². The van der Waals surface area contributed by atoms with E-state index >= 15 is 0 Å². The summed E-state index contributed by atoms with van der Waals surface area (Å²) in [7, 11) is 0. The largest absolute Gasteiger partial charge is 0.485 e. The van der Waals surface area contributed by atoms with E-state index < -0.39 is 18.0 Å². The highest BCUT2D eigenvalue weighted by atomic mass is 35.5. The normalized spacial score (nSPS) is 21.2. The van der Waals surface area contributed by atoms with Crippen molar-refractivity contribution in [2.24, 2.45) is 0 Å². The van der Waals surface area contributed by atoms with Gasteiger partial charge in [0.1, 0.15) is 17.7 Å². The second-order valence-electron chi connectivity index (χ2n) is 4.71. The van der Waals surface area contributed by atoms with Crippen LogP contribution in [-0.4, -0.2) is 5.11 Å². The van der Waals surface area contributed by atoms with Crippen molar-refractivity contribution in [1.82, 2.24) is 0 Å². The molecule has 0 saturated carbocycles. The molecule has 1 heterocycles. The zero-order valence-electron chi connectivity index (χ0n) is 10.3. The van der Waals surface area contributed by atoms with Crippen molar-refractivity contribution in [3.63, 3.8) is 0 Å². The van der Waals surface area contributed by atoms with Gasteiger partial charge in [0.2, 0.25) is 0 Å². The zero-order valence-corrected chi connectivity index (χ0v) is 11.8. The number of fused-ring (bicyclic) bond motifs is 1. The molecule has 5 heteroatoms. The van der Waals surface area contributed by atoms with Crippen LogP contribution in [0.5, 0.6) is 5.75 Å². The summed E-state index contributed by atoms with van der Waals surface area (Å²) < 4.78 is 19.0. The van der Waals surface area contributed by atoms with Gasteiger partial charge in [-0.05, 0) is 36.4 Å². The first-order chi connectivity index (χ1) is 9.54. The van der Waals surface area contributed by atoms with Crippen molar-refractivity contribution in [2.45, 2.75) is 18.6 Å². The maximum Gasteiger partial charge on any atom is 0.128 e. The fraction of sp³-hybridized carbons (Fsp3) is 0.200. The van der Waals surface area contributed by atoms with E-state index in [2.05, 4.69) is 0 Å². The number of rotatable bonds is 1. The summed E-state index contributed by atoms with van der Waals surface area (Å²) in [6.07, 6.45) is -0.903. The van der Waals surface area contributed by atoms with Gasteiger partial charge in [-0.25, -0.2) is 4.39 Å². The Bertz CT molecular complexity index is 660. The van der Waals surface area contributed by atoms with Crippen molar-refractivity contribution in [3.05, 3.63) is 63.4 Å². The van der Waals surface area contributed by atoms with E-state index in [1.54, 1.807) is 18.2 Å². The number of aliphatic hydroxyl groups is 1. The number of aliphatic hydroxyl groups excluding tert-OH is 1. The van der Waals surface area contributed by atoms with Gasteiger partial charge < -0.3 is 9.84 Å². The standard InChI is InChI=1S/C15H11Cl2FO2/c16-8-1-3-12(17)10(5-8)15-7-13(19)11-6-9(18)2-4-14(11)20-15/h1-6,13,15,19H,7H2/t13-,15?/m0/s1. The second-order valence-corrected chi connectivity index (χ2v) is 5.55. The Morgan fingerprint density at radius 1 is 1.10 bits per heavy atom. The molecule has 0 bridgehead atoms. The number of halogens is 3. The van der Waals surface area contributed by atoms with Crippen molar-refractivity contribution < 1.29 is 14.2 Å². The third-order valence-electron chi connectivity index (χ3n) is 3.34. The lowest BCUT2D eigenvalue weighted by Crippen LogP contribution is -2.19. The molecule has 1 unspecified atom stereocenters. The Morgan fingerprint density at radius 3 is 2.70 bits per heavy atom. The summed E-state index contributed by atoms with van der Waals surface area (Å²) in [5.74, 6) is 0.0665. The quantitative estimate of drug-likeness (QED) is 0.827. The lowest BCUT2D eigenvalue weighted by Gasteiger charge is -2.30. The molecule has 2 aromatic carbocycles. The average molecular weight is 313 g/mol. The number of ether oxygens (including phenoxy) is 1. The summed E-state index contributed by atoms with van der Waals surface area (Å²) in [5.41, 5.74) is 1.17. The van der Waals surface area contributed by atoms with Gasteiger partial charge in [0.05, 0.1) is 6.10 Å². The topological polar surface area (TPSA) is 29.5 Å². The zero-order chi connectivity index (χ0) is 14.3. The Kier molecular flexibility index (Phi) is 3.59. The van der Waals surface area contributed by atoms with E-state index in [0.717, 1.165) is 0 Å². The molecule has 2 nitrogen and oxygen atoms in total. The summed E-state index contributed by atoms with van der Waals surface area (Å²) >= 11 is 12.1. The van der Waals surface area contributed by atoms with Gasteiger partial charge in [-0.3, -0.25) is 0 Å². The minimum atomic E-state index is -0.797. The van der Waals surface area contributed by atoms with Gasteiger partial charge >= 0.3 is 0 Å². The minimum Gasteiger partial charge on any atom is -0.485 e. The molecule has 0 fully saturated rings. The molecule has 0 saturated heterocycles. The first-order valence-corrected chi connectivity index (χ1v) is 6.89. The molecule has 0 amide bonds. The lowest BCUT2D eigenvalue weighted by atomic mass is 9.95. The maximum atomic E-state index is 13.2. The van der Waals surface area contributed by atoms with Crippen LogP contribution in [0.2, 0.25) is 10.0 Å². The third kappa shape index (κ3) is 2.49. The van der Waals surface area contributed by atoms with Crippen LogP contribution in [-0.2, 0) is 0 Å². The molecular formula is C15H11Cl2FO2. The predicted octanol–water partition coefficient (Wildman–Crippen LogP) is 4.69. The number of benzene rings is 2. The predicted molar refractivity (Wildman–Crippen MR) is 75.8 cm³/mol. The van der Waals surface area contributed by atoms with Crippen molar-refractivity contribution in [2.75, 3.05) is 0 Å². The Labute approximate surface area is 125 Å². The monoisotopic (exact) mass is 312 g/mol. The van der Waals surface area contributed by atoms with Gasteiger partial charge in [-0.1, -0.05) is 23.2 Å². The molecule has 20 heavy (non-hydrogen) atoms. The molecule has 0 aromatic heterocycles. The third-order valence-corrected chi connectivity index (χ3v) is 3.92. The molecule has 1 aliphatic rings. The van der Waals surface area contributed by atoms with E-state index in [-0.39, 0.29) is 0 Å². The maximum absolute atomic E-state index is 13.2. The van der Waals surface area contributed by atoms with E-state index in [1.165, 1.54) is 18.2 Å². The highest BCUT2D eigenvalue weighted by molar-refractivity contribution is 6.33. The minimum absolute atomic E-state index is 0.302. The van der Waals surface area contributed by atoms with Crippen molar-refractivity contribution in [1.29, 1.82) is 0 Å². The van der Waals surface area contributed by atoms with Gasteiger partial charge in [0.15, 0.2) is 0 Å². The van der Waals surface area contributed by atoms with Crippen LogP contribution in [0.15, 0.2) is 36.4 Å². The first-order valence-electron chi connectivity index (χ1n) is 6.13. The summed E-state index contributed by atoms with van der Waals surface area (Å²) in [4.78, 5) is 0. The van der Waals surface area contributed by atoms with Gasteiger partial charge in [0, 0.05) is 27.6 Å². The Hall–Kier alpha value is -1.29. The van der Waals surface area contributed by atoms with Crippen LogP contribution >= 0.6 is 23.2 Å². The van der Waals surface area contributed by atoms with Crippen molar-refractivity contribution in [3.8, 4) is 5.75 Å². The lowest BCUT2D eigenvalue weighted by molar-refractivity contribution is 0.0654. The molecule has 0 spiro atoms. The van der Waals surface area contributed by atoms with Crippen LogP contribution in [0, 0.1) is 5.82 Å². The SMILES string of the molecule is O[C@H]1CC(c2cc(Cl)ccc2Cl)Oc2ccc(F)cc21. The van der Waals surface area contributed by atoms with Crippen LogP contribution in [0.1, 0.15) is 29.8 Å². The molecule has 1 aliphatic heterocycles. The number of hydrogen-bond donors (Lipinski definition) is 1. The molecule has 1 N–H and O–H groups in total. The highest BCUT2D eigenvalue weighted by Crippen LogP contribution is 2.43.